The minimum absolute atomic E-state index is 0.0490. The van der Waals surface area contributed by atoms with Gasteiger partial charge in [0.25, 0.3) is 0 Å². The molecule has 1 heterocycles. The highest BCUT2D eigenvalue weighted by molar-refractivity contribution is 6.01. The molecule has 17 heavy (non-hydrogen) atoms. The minimum atomic E-state index is -0.0946. The molecule has 2 rings (SSSR count). The largest absolute Gasteiger partial charge is 0.354 e. The van der Waals surface area contributed by atoms with Crippen LogP contribution in [-0.4, -0.2) is 31.6 Å². The molecule has 0 radical (unpaired) electrons. The molecule has 0 unspecified atom stereocenters. The first kappa shape index (κ1) is 11.9. The Bertz CT molecular complexity index is 428. The maximum Gasteiger partial charge on any atom is 0.243 e. The zero-order valence-electron chi connectivity index (χ0n) is 10.6. The van der Waals surface area contributed by atoms with Gasteiger partial charge in [-0.1, -0.05) is 12.1 Å². The van der Waals surface area contributed by atoms with Crippen molar-refractivity contribution in [2.75, 3.05) is 30.4 Å². The van der Waals surface area contributed by atoms with E-state index < -0.39 is 0 Å². The second-order valence-corrected chi connectivity index (χ2v) is 4.99. The molecule has 0 aromatic heterocycles. The third-order valence-electron chi connectivity index (χ3n) is 3.11. The number of carbonyl (C=O) groups is 1. The van der Waals surface area contributed by atoms with Crippen molar-refractivity contribution in [1.82, 2.24) is 5.32 Å². The summed E-state index contributed by atoms with van der Waals surface area (Å²) in [6.45, 7) is 5.51. The van der Waals surface area contributed by atoms with E-state index in [4.69, 9.17) is 0 Å². The molecule has 92 valence electrons. The third kappa shape index (κ3) is 2.26. The normalized spacial score (nSPS) is 15.5. The number of nitrogens with zero attached hydrogens (tertiary/aromatic N) is 1. The van der Waals surface area contributed by atoms with E-state index in [-0.39, 0.29) is 11.4 Å². The molecule has 0 bridgehead atoms. The highest BCUT2D eigenvalue weighted by atomic mass is 16.2. The van der Waals surface area contributed by atoms with Crippen LogP contribution in [0, 0.1) is 0 Å². The number of benzene rings is 1. The van der Waals surface area contributed by atoms with Gasteiger partial charge in [0.1, 0.15) is 0 Å². The van der Waals surface area contributed by atoms with Crippen LogP contribution in [0.3, 0.4) is 0 Å². The van der Waals surface area contributed by atoms with Crippen LogP contribution >= 0.6 is 0 Å². The van der Waals surface area contributed by atoms with Crippen molar-refractivity contribution in [2.24, 2.45) is 0 Å². The predicted octanol–water partition coefficient (Wildman–Crippen LogP) is 1.44. The zero-order chi connectivity index (χ0) is 12.5. The third-order valence-corrected chi connectivity index (χ3v) is 3.11. The van der Waals surface area contributed by atoms with Gasteiger partial charge in [0.05, 0.1) is 17.9 Å². The van der Waals surface area contributed by atoms with Crippen LogP contribution in [0.25, 0.3) is 0 Å². The second-order valence-electron chi connectivity index (χ2n) is 4.99. The number of amides is 1. The molecule has 2 N–H and O–H groups in total. The summed E-state index contributed by atoms with van der Waals surface area (Å²) in [5, 5.41) is 6.08. The van der Waals surface area contributed by atoms with Gasteiger partial charge in [-0.2, -0.15) is 0 Å². The average Bonchev–Trinajstić information content (AvgIpc) is 2.27. The number of carbonyl (C=O) groups excluding carboxylic acids is 1. The Kier molecular flexibility index (Phi) is 3.07. The predicted molar refractivity (Wildman–Crippen MR) is 70.4 cm³/mol. The average molecular weight is 233 g/mol. The first-order chi connectivity index (χ1) is 8.04. The lowest BCUT2D eigenvalue weighted by Crippen LogP contribution is -2.54. The van der Waals surface area contributed by atoms with E-state index in [1.54, 1.807) is 0 Å². The number of fused-ring (bicyclic) bond motifs is 1. The Morgan fingerprint density at radius 3 is 2.82 bits per heavy atom. The number of nitrogens with one attached hydrogen (secondary N) is 2. The lowest BCUT2D eigenvalue weighted by molar-refractivity contribution is -0.115. The summed E-state index contributed by atoms with van der Waals surface area (Å²) in [4.78, 5) is 13.9. The van der Waals surface area contributed by atoms with Crippen LogP contribution in [-0.2, 0) is 4.79 Å². The lowest BCUT2D eigenvalue weighted by atomic mass is 9.99. The van der Waals surface area contributed by atoms with E-state index in [1.165, 1.54) is 0 Å². The van der Waals surface area contributed by atoms with E-state index in [2.05, 4.69) is 29.4 Å². The molecule has 4 nitrogen and oxygen atoms in total. The first-order valence-corrected chi connectivity index (χ1v) is 5.86. The Labute approximate surface area is 102 Å². The molecule has 0 fully saturated rings. The highest BCUT2D eigenvalue weighted by Crippen LogP contribution is 2.33. The van der Waals surface area contributed by atoms with Crippen molar-refractivity contribution in [3.63, 3.8) is 0 Å². The van der Waals surface area contributed by atoms with E-state index >= 15 is 0 Å². The van der Waals surface area contributed by atoms with E-state index in [0.29, 0.717) is 6.54 Å². The summed E-state index contributed by atoms with van der Waals surface area (Å²) in [6.07, 6.45) is 0. The van der Waals surface area contributed by atoms with Gasteiger partial charge in [0, 0.05) is 12.1 Å². The number of rotatable bonds is 3. The van der Waals surface area contributed by atoms with Crippen LogP contribution in [0.5, 0.6) is 0 Å². The number of likely N-dealkylation sites (N-methyl/N-ethyl adjacent to an activating group) is 1. The molecule has 1 aromatic carbocycles. The Morgan fingerprint density at radius 1 is 1.41 bits per heavy atom. The van der Waals surface area contributed by atoms with Crippen molar-refractivity contribution in [3.8, 4) is 0 Å². The van der Waals surface area contributed by atoms with Crippen molar-refractivity contribution >= 4 is 17.3 Å². The van der Waals surface area contributed by atoms with Crippen molar-refractivity contribution in [2.45, 2.75) is 19.4 Å². The number of anilines is 2. The van der Waals surface area contributed by atoms with E-state index in [9.17, 15) is 4.79 Å². The van der Waals surface area contributed by atoms with Crippen LogP contribution in [0.1, 0.15) is 13.8 Å². The molecule has 1 aliphatic heterocycles. The molecule has 4 heteroatoms. The lowest BCUT2D eigenvalue weighted by Gasteiger charge is -2.43. The van der Waals surface area contributed by atoms with Gasteiger partial charge >= 0.3 is 0 Å². The standard InChI is InChI=1S/C13H19N3O/c1-13(2,9-14-3)16-8-12(17)15-10-6-4-5-7-11(10)16/h4-7,14H,8-9H2,1-3H3,(H,15,17). The molecule has 0 saturated heterocycles. The maximum absolute atomic E-state index is 11.7. The molecule has 0 aliphatic carbocycles. The van der Waals surface area contributed by atoms with Gasteiger partial charge in [0.15, 0.2) is 0 Å². The quantitative estimate of drug-likeness (QED) is 0.830. The van der Waals surface area contributed by atoms with E-state index in [0.717, 1.165) is 17.9 Å². The minimum Gasteiger partial charge on any atom is -0.354 e. The summed E-state index contributed by atoms with van der Waals surface area (Å²) in [5.41, 5.74) is 1.89. The molecule has 1 aromatic rings. The summed E-state index contributed by atoms with van der Waals surface area (Å²) < 4.78 is 0. The van der Waals surface area contributed by atoms with Crippen LogP contribution < -0.4 is 15.5 Å². The zero-order valence-corrected chi connectivity index (χ0v) is 10.6. The van der Waals surface area contributed by atoms with Gasteiger partial charge in [-0.15, -0.1) is 0 Å². The van der Waals surface area contributed by atoms with Crippen molar-refractivity contribution in [3.05, 3.63) is 24.3 Å². The molecule has 1 aliphatic rings. The molecule has 0 spiro atoms. The van der Waals surface area contributed by atoms with Crippen LogP contribution in [0.15, 0.2) is 24.3 Å². The SMILES string of the molecule is CNCC(C)(C)N1CC(=O)Nc2ccccc21. The fourth-order valence-corrected chi connectivity index (χ4v) is 2.30. The Hall–Kier alpha value is -1.55. The van der Waals surface area contributed by atoms with E-state index in [1.807, 2.05) is 31.3 Å². The Morgan fingerprint density at radius 2 is 2.12 bits per heavy atom. The van der Waals surface area contributed by atoms with Crippen molar-refractivity contribution < 1.29 is 4.79 Å². The van der Waals surface area contributed by atoms with Gasteiger partial charge in [0.2, 0.25) is 5.91 Å². The fraction of sp³-hybridized carbons (Fsp3) is 0.462. The highest BCUT2D eigenvalue weighted by Gasteiger charge is 2.32. The molecular formula is C13H19N3O. The fourth-order valence-electron chi connectivity index (χ4n) is 2.30. The van der Waals surface area contributed by atoms with Gasteiger partial charge in [-0.3, -0.25) is 4.79 Å². The maximum atomic E-state index is 11.7. The van der Waals surface area contributed by atoms with Crippen LogP contribution in [0.4, 0.5) is 11.4 Å². The summed E-state index contributed by atoms with van der Waals surface area (Å²) in [7, 11) is 1.93. The monoisotopic (exact) mass is 233 g/mol. The van der Waals surface area contributed by atoms with Gasteiger partial charge in [-0.05, 0) is 33.0 Å². The number of hydrogen-bond acceptors (Lipinski definition) is 3. The van der Waals surface area contributed by atoms with Crippen molar-refractivity contribution in [1.29, 1.82) is 0 Å². The summed E-state index contributed by atoms with van der Waals surface area (Å²) in [5.74, 6) is 0.0490. The topological polar surface area (TPSA) is 44.4 Å². The Balaban J connectivity index is 2.39. The number of hydrogen-bond donors (Lipinski definition) is 2. The van der Waals surface area contributed by atoms with Gasteiger partial charge in [-0.25, -0.2) is 0 Å². The summed E-state index contributed by atoms with van der Waals surface area (Å²) >= 11 is 0. The smallest absolute Gasteiger partial charge is 0.243 e. The van der Waals surface area contributed by atoms with Crippen LogP contribution in [0.2, 0.25) is 0 Å². The molecule has 0 saturated carbocycles. The first-order valence-electron chi connectivity index (χ1n) is 5.86. The second kappa shape index (κ2) is 4.37. The molecule has 0 atom stereocenters. The number of para-hydroxylation sites is 2. The summed E-state index contributed by atoms with van der Waals surface area (Å²) in [6, 6.07) is 7.92. The van der Waals surface area contributed by atoms with Gasteiger partial charge < -0.3 is 15.5 Å². The molecule has 1 amide bonds. The molecular weight excluding hydrogens is 214 g/mol.